The third-order valence-corrected chi connectivity index (χ3v) is 7.04. The summed E-state index contributed by atoms with van der Waals surface area (Å²) in [6.07, 6.45) is 0. The van der Waals surface area contributed by atoms with E-state index in [1.165, 1.54) is 6.07 Å². The molecular formula is C18H22N2O5S2. The molecule has 3 heterocycles. The van der Waals surface area contributed by atoms with Crippen molar-refractivity contribution in [3.63, 3.8) is 0 Å². The van der Waals surface area contributed by atoms with Crippen molar-refractivity contribution in [3.05, 3.63) is 40.6 Å². The molecular weight excluding hydrogens is 388 g/mol. The van der Waals surface area contributed by atoms with E-state index < -0.39 is 10.0 Å². The van der Waals surface area contributed by atoms with Crippen molar-refractivity contribution in [2.75, 3.05) is 46.1 Å². The molecule has 0 amide bonds. The zero-order valence-electron chi connectivity index (χ0n) is 14.8. The Hall–Kier alpha value is -1.65. The van der Waals surface area contributed by atoms with Gasteiger partial charge in [-0.25, -0.2) is 13.1 Å². The lowest BCUT2D eigenvalue weighted by atomic mass is 10.2. The van der Waals surface area contributed by atoms with E-state index in [9.17, 15) is 8.42 Å². The van der Waals surface area contributed by atoms with Gasteiger partial charge in [0.15, 0.2) is 11.5 Å². The molecule has 0 saturated carbocycles. The maximum absolute atomic E-state index is 12.8. The molecule has 0 radical (unpaired) electrons. The third-order valence-electron chi connectivity index (χ3n) is 4.65. The molecule has 1 N–H and O–H groups in total. The average Bonchev–Trinajstić information content (AvgIpc) is 3.23. The first kappa shape index (κ1) is 18.7. The van der Waals surface area contributed by atoms with E-state index in [1.54, 1.807) is 23.5 Å². The van der Waals surface area contributed by atoms with Gasteiger partial charge in [0.05, 0.1) is 24.2 Å². The maximum Gasteiger partial charge on any atom is 0.240 e. The lowest BCUT2D eigenvalue weighted by Crippen LogP contribution is -2.43. The lowest BCUT2D eigenvalue weighted by Gasteiger charge is -2.34. The zero-order chi connectivity index (χ0) is 18.7. The molecule has 9 heteroatoms. The highest BCUT2D eigenvalue weighted by Crippen LogP contribution is 2.32. The summed E-state index contributed by atoms with van der Waals surface area (Å²) in [6.45, 7) is 4.09. The van der Waals surface area contributed by atoms with Crippen LogP contribution in [0.3, 0.4) is 0 Å². The Bertz CT molecular complexity index is 864. The first-order valence-electron chi connectivity index (χ1n) is 8.88. The van der Waals surface area contributed by atoms with Crippen LogP contribution in [-0.2, 0) is 14.8 Å². The van der Waals surface area contributed by atoms with Gasteiger partial charge in [0, 0.05) is 30.6 Å². The quantitative estimate of drug-likeness (QED) is 0.784. The molecule has 0 aliphatic carbocycles. The molecule has 2 aromatic rings. The van der Waals surface area contributed by atoms with Crippen LogP contribution in [0.2, 0.25) is 0 Å². The van der Waals surface area contributed by atoms with Gasteiger partial charge >= 0.3 is 0 Å². The summed E-state index contributed by atoms with van der Waals surface area (Å²) >= 11 is 1.64. The normalized spacial score (nSPS) is 19.0. The molecule has 0 unspecified atom stereocenters. The second-order valence-electron chi connectivity index (χ2n) is 6.34. The summed E-state index contributed by atoms with van der Waals surface area (Å²) in [6, 6.07) is 8.73. The molecule has 4 rings (SSSR count). The summed E-state index contributed by atoms with van der Waals surface area (Å²) in [4.78, 5) is 3.59. The van der Waals surface area contributed by atoms with E-state index in [1.807, 2.05) is 17.5 Å². The van der Waals surface area contributed by atoms with Crippen LogP contribution in [-0.4, -0.2) is 59.4 Å². The van der Waals surface area contributed by atoms with E-state index in [0.717, 1.165) is 18.0 Å². The second-order valence-corrected chi connectivity index (χ2v) is 9.08. The largest absolute Gasteiger partial charge is 0.486 e. The molecule has 1 atom stereocenters. The summed E-state index contributed by atoms with van der Waals surface area (Å²) in [5.41, 5.74) is 0. The Balaban J connectivity index is 1.51. The number of ether oxygens (including phenoxy) is 3. The van der Waals surface area contributed by atoms with E-state index in [-0.39, 0.29) is 10.9 Å². The van der Waals surface area contributed by atoms with Crippen LogP contribution >= 0.6 is 11.3 Å². The SMILES string of the molecule is O=S(=O)(NC[C@@H](c1cccs1)N1CCOCC1)c1ccc2c(c1)OCCO2. The highest BCUT2D eigenvalue weighted by Gasteiger charge is 2.26. The summed E-state index contributed by atoms with van der Waals surface area (Å²) in [7, 11) is -3.66. The van der Waals surface area contributed by atoms with Crippen molar-refractivity contribution < 1.29 is 22.6 Å². The molecule has 7 nitrogen and oxygen atoms in total. The predicted octanol–water partition coefficient (Wildman–Crippen LogP) is 1.87. The van der Waals surface area contributed by atoms with Gasteiger partial charge in [-0.15, -0.1) is 11.3 Å². The van der Waals surface area contributed by atoms with Crippen molar-refractivity contribution >= 4 is 21.4 Å². The van der Waals surface area contributed by atoms with Crippen LogP contribution in [0.1, 0.15) is 10.9 Å². The summed E-state index contributed by atoms with van der Waals surface area (Å²) in [5, 5.41) is 2.01. The van der Waals surface area contributed by atoms with Crippen molar-refractivity contribution in [1.82, 2.24) is 9.62 Å². The van der Waals surface area contributed by atoms with Gasteiger partial charge < -0.3 is 14.2 Å². The number of morpholine rings is 1. The number of fused-ring (bicyclic) bond motifs is 1. The number of sulfonamides is 1. The minimum Gasteiger partial charge on any atom is -0.486 e. The smallest absolute Gasteiger partial charge is 0.240 e. The van der Waals surface area contributed by atoms with E-state index in [0.29, 0.717) is 44.5 Å². The first-order valence-corrected chi connectivity index (χ1v) is 11.2. The number of hydrogen-bond donors (Lipinski definition) is 1. The minimum atomic E-state index is -3.66. The van der Waals surface area contributed by atoms with Gasteiger partial charge in [0.25, 0.3) is 0 Å². The third kappa shape index (κ3) is 4.27. The number of nitrogens with one attached hydrogen (secondary N) is 1. The molecule has 2 aliphatic rings. The van der Waals surface area contributed by atoms with Crippen molar-refractivity contribution in [2.24, 2.45) is 0 Å². The van der Waals surface area contributed by atoms with Crippen molar-refractivity contribution in [2.45, 2.75) is 10.9 Å². The Labute approximate surface area is 162 Å². The minimum absolute atomic E-state index is 0.0131. The van der Waals surface area contributed by atoms with Gasteiger partial charge in [0.2, 0.25) is 10.0 Å². The van der Waals surface area contributed by atoms with Gasteiger partial charge in [0.1, 0.15) is 13.2 Å². The van der Waals surface area contributed by atoms with Crippen LogP contribution < -0.4 is 14.2 Å². The fourth-order valence-corrected chi connectivity index (χ4v) is 5.16. The van der Waals surface area contributed by atoms with Crippen molar-refractivity contribution in [1.29, 1.82) is 0 Å². The topological polar surface area (TPSA) is 77.1 Å². The Morgan fingerprint density at radius 3 is 2.59 bits per heavy atom. The molecule has 146 valence electrons. The Morgan fingerprint density at radius 2 is 1.85 bits per heavy atom. The number of rotatable bonds is 6. The number of hydrogen-bond acceptors (Lipinski definition) is 7. The molecule has 0 spiro atoms. The second kappa shape index (κ2) is 8.15. The van der Waals surface area contributed by atoms with Gasteiger partial charge in [-0.05, 0) is 23.6 Å². The van der Waals surface area contributed by atoms with Crippen LogP contribution in [0, 0.1) is 0 Å². The van der Waals surface area contributed by atoms with Gasteiger partial charge in [-0.2, -0.15) is 0 Å². The number of benzene rings is 1. The van der Waals surface area contributed by atoms with Crippen LogP contribution in [0.15, 0.2) is 40.6 Å². The molecule has 2 aliphatic heterocycles. The lowest BCUT2D eigenvalue weighted by molar-refractivity contribution is 0.0179. The molecule has 1 fully saturated rings. The summed E-state index contributed by atoms with van der Waals surface area (Å²) < 4.78 is 44.8. The molecule has 1 aromatic heterocycles. The van der Waals surface area contributed by atoms with Crippen LogP contribution in [0.4, 0.5) is 0 Å². The predicted molar refractivity (Wildman–Crippen MR) is 102 cm³/mol. The highest BCUT2D eigenvalue weighted by molar-refractivity contribution is 7.89. The van der Waals surface area contributed by atoms with Gasteiger partial charge in [-0.1, -0.05) is 6.07 Å². The molecule has 1 saturated heterocycles. The average molecular weight is 411 g/mol. The van der Waals surface area contributed by atoms with Crippen LogP contribution in [0.25, 0.3) is 0 Å². The monoisotopic (exact) mass is 410 g/mol. The van der Waals surface area contributed by atoms with Gasteiger partial charge in [-0.3, -0.25) is 4.90 Å². The zero-order valence-corrected chi connectivity index (χ0v) is 16.4. The van der Waals surface area contributed by atoms with Crippen LogP contribution in [0.5, 0.6) is 11.5 Å². The van der Waals surface area contributed by atoms with E-state index >= 15 is 0 Å². The Morgan fingerprint density at radius 1 is 1.07 bits per heavy atom. The Kier molecular flexibility index (Phi) is 5.65. The molecule has 0 bridgehead atoms. The number of thiophene rings is 1. The van der Waals surface area contributed by atoms with E-state index in [2.05, 4.69) is 9.62 Å². The summed E-state index contributed by atoms with van der Waals surface area (Å²) in [5.74, 6) is 1.04. The first-order chi connectivity index (χ1) is 13.1. The molecule has 1 aromatic carbocycles. The standard InChI is InChI=1S/C18H22N2O5S2/c21-27(22,14-3-4-16-17(12-14)25-10-9-24-16)19-13-15(18-2-1-11-26-18)20-5-7-23-8-6-20/h1-4,11-12,15,19H,5-10,13H2/t15-/m0/s1. The number of nitrogens with zero attached hydrogens (tertiary/aromatic N) is 1. The fourth-order valence-electron chi connectivity index (χ4n) is 3.24. The fraction of sp³-hybridized carbons (Fsp3) is 0.444. The van der Waals surface area contributed by atoms with Crippen molar-refractivity contribution in [3.8, 4) is 11.5 Å². The van der Waals surface area contributed by atoms with E-state index in [4.69, 9.17) is 14.2 Å². The highest BCUT2D eigenvalue weighted by atomic mass is 32.2. The molecule has 27 heavy (non-hydrogen) atoms. The maximum atomic E-state index is 12.8.